The summed E-state index contributed by atoms with van der Waals surface area (Å²) in [5.74, 6) is -0.193. The molecule has 4 aromatic rings. The van der Waals surface area contributed by atoms with Crippen LogP contribution in [0.2, 0.25) is 0 Å². The highest BCUT2D eigenvalue weighted by atomic mass is 32.1. The van der Waals surface area contributed by atoms with Gasteiger partial charge in [-0.2, -0.15) is 0 Å². The Hall–Kier alpha value is -3.57. The molecule has 0 aliphatic carbocycles. The van der Waals surface area contributed by atoms with Crippen molar-refractivity contribution in [2.45, 2.75) is 19.3 Å². The molecule has 0 bridgehead atoms. The number of rotatable bonds is 8. The molecule has 0 saturated carbocycles. The summed E-state index contributed by atoms with van der Waals surface area (Å²) in [5.41, 5.74) is 3.73. The Kier molecular flexibility index (Phi) is 6.98. The van der Waals surface area contributed by atoms with Crippen LogP contribution in [0.3, 0.4) is 0 Å². The van der Waals surface area contributed by atoms with Gasteiger partial charge in [0, 0.05) is 12.0 Å². The minimum absolute atomic E-state index is 0.193. The summed E-state index contributed by atoms with van der Waals surface area (Å²) >= 11 is 1.43. The average molecular weight is 426 g/mol. The van der Waals surface area contributed by atoms with Crippen molar-refractivity contribution in [1.29, 1.82) is 0 Å². The number of nitrogens with one attached hydrogen (secondary N) is 1. The van der Waals surface area contributed by atoms with E-state index in [-0.39, 0.29) is 5.91 Å². The summed E-state index contributed by atoms with van der Waals surface area (Å²) in [6.07, 6.45) is 4.73. The van der Waals surface area contributed by atoms with Crippen molar-refractivity contribution in [1.82, 2.24) is 10.2 Å². The molecule has 0 radical (unpaired) electrons. The van der Waals surface area contributed by atoms with E-state index in [1.807, 2.05) is 72.8 Å². The molecule has 0 spiro atoms. The quantitative estimate of drug-likeness (QED) is 0.283. The summed E-state index contributed by atoms with van der Waals surface area (Å²) in [7, 11) is 0. The average Bonchev–Trinajstić information content (AvgIpc) is 3.26. The standard InChI is InChI=1S/C26H23N3OS/c30-25(23(22-16-8-3-9-17-22)19-21-13-6-2-7-14-21)27-26-29-28-24(31-26)18-10-15-20-11-4-1-5-12-20/h1-9,11-14,16-17,19H,10,15,18H2,(H,27,29,30)/b23-19+. The maximum absolute atomic E-state index is 13.1. The Balaban J connectivity index is 1.43. The predicted molar refractivity (Wildman–Crippen MR) is 128 cm³/mol. The van der Waals surface area contributed by atoms with Crippen LogP contribution in [0.15, 0.2) is 91.0 Å². The van der Waals surface area contributed by atoms with E-state index in [0.717, 1.165) is 35.4 Å². The highest BCUT2D eigenvalue weighted by Gasteiger charge is 2.15. The highest BCUT2D eigenvalue weighted by Crippen LogP contribution is 2.23. The van der Waals surface area contributed by atoms with Crippen LogP contribution in [0.5, 0.6) is 0 Å². The number of hydrogen-bond acceptors (Lipinski definition) is 4. The van der Waals surface area contributed by atoms with Gasteiger partial charge in [-0.1, -0.05) is 102 Å². The van der Waals surface area contributed by atoms with Gasteiger partial charge in [-0.15, -0.1) is 10.2 Å². The van der Waals surface area contributed by atoms with Gasteiger partial charge >= 0.3 is 0 Å². The van der Waals surface area contributed by atoms with Crippen LogP contribution in [-0.2, 0) is 17.6 Å². The minimum Gasteiger partial charge on any atom is -0.296 e. The number of nitrogens with zero attached hydrogens (tertiary/aromatic N) is 2. The minimum atomic E-state index is -0.193. The van der Waals surface area contributed by atoms with Crippen LogP contribution >= 0.6 is 11.3 Å². The van der Waals surface area contributed by atoms with Crippen molar-refractivity contribution in [2.24, 2.45) is 0 Å². The zero-order valence-corrected chi connectivity index (χ0v) is 17.9. The number of carbonyl (C=O) groups is 1. The molecular weight excluding hydrogens is 402 g/mol. The highest BCUT2D eigenvalue weighted by molar-refractivity contribution is 7.15. The topological polar surface area (TPSA) is 54.9 Å². The van der Waals surface area contributed by atoms with Crippen molar-refractivity contribution >= 4 is 34.0 Å². The molecular formula is C26H23N3OS. The molecule has 3 aromatic carbocycles. The van der Waals surface area contributed by atoms with E-state index in [1.165, 1.54) is 16.9 Å². The maximum atomic E-state index is 13.1. The lowest BCUT2D eigenvalue weighted by molar-refractivity contribution is -0.111. The van der Waals surface area contributed by atoms with Crippen molar-refractivity contribution in [3.63, 3.8) is 0 Å². The van der Waals surface area contributed by atoms with Gasteiger partial charge in [0.1, 0.15) is 5.01 Å². The Morgan fingerprint density at radius 1 is 0.806 bits per heavy atom. The Bertz CT molecular complexity index is 1140. The van der Waals surface area contributed by atoms with Gasteiger partial charge in [0.2, 0.25) is 5.13 Å². The van der Waals surface area contributed by atoms with Gasteiger partial charge in [-0.05, 0) is 35.6 Å². The number of anilines is 1. The molecule has 0 aliphatic heterocycles. The van der Waals surface area contributed by atoms with Crippen molar-refractivity contribution in [3.8, 4) is 0 Å². The second-order valence-electron chi connectivity index (χ2n) is 7.13. The summed E-state index contributed by atoms with van der Waals surface area (Å²) in [6.45, 7) is 0. The lowest BCUT2D eigenvalue weighted by Gasteiger charge is -2.07. The van der Waals surface area contributed by atoms with Gasteiger partial charge in [0.05, 0.1) is 0 Å². The molecule has 4 rings (SSSR count). The van der Waals surface area contributed by atoms with Gasteiger partial charge < -0.3 is 0 Å². The van der Waals surface area contributed by atoms with Crippen LogP contribution in [0.1, 0.15) is 28.1 Å². The van der Waals surface area contributed by atoms with Crippen LogP contribution < -0.4 is 5.32 Å². The second kappa shape index (κ2) is 10.5. The molecule has 0 fully saturated rings. The number of aryl methyl sites for hydroxylation is 2. The molecule has 1 N–H and O–H groups in total. The Morgan fingerprint density at radius 3 is 2.16 bits per heavy atom. The molecule has 31 heavy (non-hydrogen) atoms. The normalized spacial score (nSPS) is 11.3. The van der Waals surface area contributed by atoms with E-state index >= 15 is 0 Å². The molecule has 0 saturated heterocycles. The first kappa shape index (κ1) is 20.7. The molecule has 154 valence electrons. The van der Waals surface area contributed by atoms with E-state index in [4.69, 9.17) is 0 Å². The van der Waals surface area contributed by atoms with Gasteiger partial charge in [0.15, 0.2) is 0 Å². The monoisotopic (exact) mass is 425 g/mol. The zero-order chi connectivity index (χ0) is 21.3. The molecule has 0 unspecified atom stereocenters. The summed E-state index contributed by atoms with van der Waals surface area (Å²) in [6, 6.07) is 29.9. The molecule has 4 nitrogen and oxygen atoms in total. The number of aromatic nitrogens is 2. The lowest BCUT2D eigenvalue weighted by Crippen LogP contribution is -2.13. The van der Waals surface area contributed by atoms with Crippen LogP contribution in [0, 0.1) is 0 Å². The predicted octanol–water partition coefficient (Wildman–Crippen LogP) is 5.89. The first-order chi connectivity index (χ1) is 15.3. The molecule has 0 aliphatic rings. The van der Waals surface area contributed by atoms with Crippen molar-refractivity contribution in [2.75, 3.05) is 5.32 Å². The van der Waals surface area contributed by atoms with Crippen LogP contribution in [0.25, 0.3) is 11.6 Å². The molecule has 0 atom stereocenters. The first-order valence-corrected chi connectivity index (χ1v) is 11.1. The maximum Gasteiger partial charge on any atom is 0.258 e. The second-order valence-corrected chi connectivity index (χ2v) is 8.19. The van der Waals surface area contributed by atoms with Gasteiger partial charge in [-0.25, -0.2) is 0 Å². The Labute approximate surface area is 186 Å². The fourth-order valence-electron chi connectivity index (χ4n) is 3.27. The number of benzene rings is 3. The molecule has 1 aromatic heterocycles. The van der Waals surface area contributed by atoms with E-state index in [0.29, 0.717) is 10.7 Å². The Morgan fingerprint density at radius 2 is 1.45 bits per heavy atom. The van der Waals surface area contributed by atoms with E-state index < -0.39 is 0 Å². The van der Waals surface area contributed by atoms with E-state index in [2.05, 4.69) is 39.8 Å². The van der Waals surface area contributed by atoms with Crippen molar-refractivity contribution < 1.29 is 4.79 Å². The third-order valence-corrected chi connectivity index (χ3v) is 5.72. The number of carbonyl (C=O) groups excluding carboxylic acids is 1. The lowest BCUT2D eigenvalue weighted by atomic mass is 10.0. The van der Waals surface area contributed by atoms with Crippen molar-refractivity contribution in [3.05, 3.63) is 113 Å². The smallest absolute Gasteiger partial charge is 0.258 e. The number of amides is 1. The van der Waals surface area contributed by atoms with Crippen LogP contribution in [0.4, 0.5) is 5.13 Å². The largest absolute Gasteiger partial charge is 0.296 e. The molecule has 1 heterocycles. The van der Waals surface area contributed by atoms with Gasteiger partial charge in [0.25, 0.3) is 5.91 Å². The SMILES string of the molecule is O=C(Nc1nnc(CCCc2ccccc2)s1)/C(=C/c1ccccc1)c1ccccc1. The molecule has 5 heteroatoms. The summed E-state index contributed by atoms with van der Waals surface area (Å²) in [5, 5.41) is 12.8. The summed E-state index contributed by atoms with van der Waals surface area (Å²) in [4.78, 5) is 13.1. The fraction of sp³-hybridized carbons (Fsp3) is 0.115. The molecule has 1 amide bonds. The zero-order valence-electron chi connectivity index (χ0n) is 17.1. The number of hydrogen-bond donors (Lipinski definition) is 1. The first-order valence-electron chi connectivity index (χ1n) is 10.3. The van der Waals surface area contributed by atoms with Crippen LogP contribution in [-0.4, -0.2) is 16.1 Å². The van der Waals surface area contributed by atoms with Gasteiger partial charge in [-0.3, -0.25) is 10.1 Å². The summed E-state index contributed by atoms with van der Waals surface area (Å²) < 4.78 is 0. The third-order valence-electron chi connectivity index (χ3n) is 4.83. The van der Waals surface area contributed by atoms with E-state index in [1.54, 1.807) is 0 Å². The van der Waals surface area contributed by atoms with E-state index in [9.17, 15) is 4.79 Å². The fourth-order valence-corrected chi connectivity index (χ4v) is 4.05. The third kappa shape index (κ3) is 5.96.